The first-order chi connectivity index (χ1) is 9.37. The number of nitro benzene ring substituents is 1. The van der Waals surface area contributed by atoms with E-state index in [4.69, 9.17) is 0 Å². The van der Waals surface area contributed by atoms with Crippen LogP contribution in [-0.2, 0) is 10.0 Å². The van der Waals surface area contributed by atoms with Crippen LogP contribution >= 0.6 is 0 Å². The zero-order chi connectivity index (χ0) is 14.9. The zero-order valence-electron chi connectivity index (χ0n) is 11.4. The zero-order valence-corrected chi connectivity index (χ0v) is 12.2. The number of nitro groups is 1. The molecular formula is C12H17N3O4S. The third kappa shape index (κ3) is 2.48. The van der Waals surface area contributed by atoms with Crippen LogP contribution in [0.2, 0.25) is 0 Å². The molecule has 1 aliphatic heterocycles. The van der Waals surface area contributed by atoms with Crippen molar-refractivity contribution in [2.24, 2.45) is 5.92 Å². The van der Waals surface area contributed by atoms with E-state index in [-0.39, 0.29) is 16.5 Å². The third-order valence-corrected chi connectivity index (χ3v) is 5.35. The van der Waals surface area contributed by atoms with Crippen LogP contribution < -0.4 is 5.32 Å². The lowest BCUT2D eigenvalue weighted by Gasteiger charge is -2.16. The van der Waals surface area contributed by atoms with Gasteiger partial charge < -0.3 is 5.32 Å². The minimum absolute atomic E-state index is 0.198. The van der Waals surface area contributed by atoms with Gasteiger partial charge in [0.15, 0.2) is 4.90 Å². The third-order valence-electron chi connectivity index (χ3n) is 3.46. The minimum atomic E-state index is -3.83. The minimum Gasteiger partial charge on any atom is -0.383 e. The van der Waals surface area contributed by atoms with E-state index in [0.29, 0.717) is 13.1 Å². The Labute approximate surface area is 117 Å². The molecule has 1 saturated heterocycles. The number of anilines is 1. The number of hydrogen-bond donors (Lipinski definition) is 1. The van der Waals surface area contributed by atoms with Gasteiger partial charge in [-0.05, 0) is 24.5 Å². The molecule has 7 nitrogen and oxygen atoms in total. The van der Waals surface area contributed by atoms with Crippen LogP contribution in [0, 0.1) is 16.0 Å². The molecule has 1 N–H and O–H groups in total. The molecule has 1 aromatic rings. The van der Waals surface area contributed by atoms with Crippen molar-refractivity contribution in [3.63, 3.8) is 0 Å². The van der Waals surface area contributed by atoms with E-state index in [1.54, 1.807) is 0 Å². The van der Waals surface area contributed by atoms with Crippen molar-refractivity contribution in [2.75, 3.05) is 25.5 Å². The van der Waals surface area contributed by atoms with Crippen molar-refractivity contribution in [1.82, 2.24) is 4.31 Å². The monoisotopic (exact) mass is 299 g/mol. The lowest BCUT2D eigenvalue weighted by molar-refractivity contribution is -0.386. The van der Waals surface area contributed by atoms with Crippen molar-refractivity contribution in [3.05, 3.63) is 28.3 Å². The molecule has 1 heterocycles. The lowest BCUT2D eigenvalue weighted by atomic mass is 10.2. The fourth-order valence-corrected chi connectivity index (χ4v) is 4.13. The van der Waals surface area contributed by atoms with Crippen LogP contribution in [-0.4, -0.2) is 37.8 Å². The van der Waals surface area contributed by atoms with Gasteiger partial charge >= 0.3 is 5.69 Å². The maximum Gasteiger partial charge on any atom is 0.312 e. The van der Waals surface area contributed by atoms with E-state index in [2.05, 4.69) is 5.32 Å². The topological polar surface area (TPSA) is 92.6 Å². The van der Waals surface area contributed by atoms with E-state index in [0.717, 1.165) is 6.42 Å². The number of benzene rings is 1. The molecule has 0 spiro atoms. The summed E-state index contributed by atoms with van der Waals surface area (Å²) in [5.74, 6) is 0.274. The Morgan fingerprint density at radius 2 is 2.15 bits per heavy atom. The van der Waals surface area contributed by atoms with Crippen molar-refractivity contribution >= 4 is 21.4 Å². The van der Waals surface area contributed by atoms with Gasteiger partial charge in [-0.1, -0.05) is 13.0 Å². The molecule has 1 fully saturated rings. The average molecular weight is 299 g/mol. The number of hydrogen-bond acceptors (Lipinski definition) is 5. The first kappa shape index (κ1) is 14.7. The molecule has 0 aliphatic carbocycles. The summed E-state index contributed by atoms with van der Waals surface area (Å²) in [6.07, 6.45) is 0.777. The first-order valence-electron chi connectivity index (χ1n) is 6.33. The Kier molecular flexibility index (Phi) is 3.96. The molecule has 1 aromatic carbocycles. The highest BCUT2D eigenvalue weighted by Gasteiger charge is 2.36. The lowest BCUT2D eigenvalue weighted by Crippen LogP contribution is -2.29. The summed E-state index contributed by atoms with van der Waals surface area (Å²) in [5, 5.41) is 13.9. The molecule has 1 aliphatic rings. The Morgan fingerprint density at radius 3 is 2.65 bits per heavy atom. The second-order valence-electron chi connectivity index (χ2n) is 4.92. The van der Waals surface area contributed by atoms with Gasteiger partial charge in [0.25, 0.3) is 0 Å². The summed E-state index contributed by atoms with van der Waals surface area (Å²) in [4.78, 5) is 10.3. The molecule has 0 radical (unpaired) electrons. The van der Waals surface area contributed by atoms with Gasteiger partial charge in [-0.15, -0.1) is 0 Å². The predicted molar refractivity (Wildman–Crippen MR) is 75.2 cm³/mol. The molecule has 2 rings (SSSR count). The number of sulfonamides is 1. The molecule has 110 valence electrons. The van der Waals surface area contributed by atoms with Gasteiger partial charge in [-0.25, -0.2) is 8.42 Å². The Balaban J connectivity index is 2.54. The van der Waals surface area contributed by atoms with E-state index in [1.165, 1.54) is 29.6 Å². The van der Waals surface area contributed by atoms with Crippen LogP contribution in [0.3, 0.4) is 0 Å². The van der Waals surface area contributed by atoms with Crippen molar-refractivity contribution < 1.29 is 13.3 Å². The summed E-state index contributed by atoms with van der Waals surface area (Å²) in [7, 11) is -2.30. The SMILES string of the molecule is CNc1cccc(S(=O)(=O)N2CCC(C)C2)c1[N+](=O)[O-]. The number of para-hydroxylation sites is 1. The molecular weight excluding hydrogens is 282 g/mol. The second kappa shape index (κ2) is 5.37. The van der Waals surface area contributed by atoms with Crippen LogP contribution in [0.5, 0.6) is 0 Å². The summed E-state index contributed by atoms with van der Waals surface area (Å²) >= 11 is 0. The molecule has 1 unspecified atom stereocenters. The second-order valence-corrected chi connectivity index (χ2v) is 6.82. The van der Waals surface area contributed by atoms with E-state index >= 15 is 0 Å². The molecule has 0 bridgehead atoms. The Morgan fingerprint density at radius 1 is 1.45 bits per heavy atom. The van der Waals surface area contributed by atoms with Gasteiger partial charge in [0.05, 0.1) is 4.92 Å². The molecule has 8 heteroatoms. The molecule has 20 heavy (non-hydrogen) atoms. The van der Waals surface area contributed by atoms with Crippen molar-refractivity contribution in [2.45, 2.75) is 18.2 Å². The normalized spacial score (nSPS) is 20.0. The maximum absolute atomic E-state index is 12.6. The highest BCUT2D eigenvalue weighted by atomic mass is 32.2. The summed E-state index contributed by atoms with van der Waals surface area (Å²) in [6, 6.07) is 4.28. The van der Waals surface area contributed by atoms with Crippen molar-refractivity contribution in [3.8, 4) is 0 Å². The largest absolute Gasteiger partial charge is 0.383 e. The standard InChI is InChI=1S/C12H17N3O4S/c1-9-6-7-14(8-9)20(18,19)11-5-3-4-10(13-2)12(11)15(16)17/h3-5,9,13H,6-8H2,1-2H3. The smallest absolute Gasteiger partial charge is 0.312 e. The van der Waals surface area contributed by atoms with Gasteiger partial charge in [0.2, 0.25) is 10.0 Å². The highest BCUT2D eigenvalue weighted by Crippen LogP contribution is 2.35. The predicted octanol–water partition coefficient (Wildman–Crippen LogP) is 1.67. The van der Waals surface area contributed by atoms with Gasteiger partial charge in [0.1, 0.15) is 5.69 Å². The first-order valence-corrected chi connectivity index (χ1v) is 7.77. The van der Waals surface area contributed by atoms with E-state index in [1.807, 2.05) is 6.92 Å². The van der Waals surface area contributed by atoms with Crippen LogP contribution in [0.25, 0.3) is 0 Å². The highest BCUT2D eigenvalue weighted by molar-refractivity contribution is 7.89. The average Bonchev–Trinajstić information content (AvgIpc) is 2.85. The van der Waals surface area contributed by atoms with Crippen LogP contribution in [0.1, 0.15) is 13.3 Å². The Hall–Kier alpha value is -1.67. The van der Waals surface area contributed by atoms with Crippen LogP contribution in [0.15, 0.2) is 23.1 Å². The number of rotatable bonds is 4. The van der Waals surface area contributed by atoms with Gasteiger partial charge in [-0.2, -0.15) is 4.31 Å². The van der Waals surface area contributed by atoms with E-state index in [9.17, 15) is 18.5 Å². The number of nitrogens with zero attached hydrogens (tertiary/aromatic N) is 2. The maximum atomic E-state index is 12.6. The van der Waals surface area contributed by atoms with E-state index < -0.39 is 20.6 Å². The molecule has 0 amide bonds. The quantitative estimate of drug-likeness (QED) is 0.674. The Bertz CT molecular complexity index is 630. The summed E-state index contributed by atoms with van der Waals surface area (Å²) in [6.45, 7) is 2.78. The van der Waals surface area contributed by atoms with Crippen LogP contribution in [0.4, 0.5) is 11.4 Å². The summed E-state index contributed by atoms with van der Waals surface area (Å²) < 4.78 is 26.5. The van der Waals surface area contributed by atoms with Crippen molar-refractivity contribution in [1.29, 1.82) is 0 Å². The summed E-state index contributed by atoms with van der Waals surface area (Å²) in [5.41, 5.74) is -0.196. The molecule has 0 aromatic heterocycles. The fraction of sp³-hybridized carbons (Fsp3) is 0.500. The molecule has 0 saturated carbocycles. The van der Waals surface area contributed by atoms with Gasteiger partial charge in [0, 0.05) is 20.1 Å². The number of nitrogens with one attached hydrogen (secondary N) is 1. The van der Waals surface area contributed by atoms with Gasteiger partial charge in [-0.3, -0.25) is 10.1 Å². The fourth-order valence-electron chi connectivity index (χ4n) is 2.37. The molecule has 1 atom stereocenters.